The number of fused-ring (bicyclic) bond motifs is 1. The van der Waals surface area contributed by atoms with Crippen LogP contribution in [0.15, 0.2) is 6.20 Å². The third-order valence-corrected chi connectivity index (χ3v) is 3.66. The van der Waals surface area contributed by atoms with Gasteiger partial charge in [-0.15, -0.1) is 0 Å². The van der Waals surface area contributed by atoms with Crippen molar-refractivity contribution in [2.45, 2.75) is 71.9 Å². The van der Waals surface area contributed by atoms with Gasteiger partial charge in [-0.2, -0.15) is 5.10 Å². The molecule has 124 valence electrons. The van der Waals surface area contributed by atoms with Crippen LogP contribution < -0.4 is 4.74 Å². The van der Waals surface area contributed by atoms with Gasteiger partial charge in [0.2, 0.25) is 5.88 Å². The maximum atomic E-state index is 11.8. The van der Waals surface area contributed by atoms with E-state index in [4.69, 9.17) is 9.47 Å². The van der Waals surface area contributed by atoms with Crippen molar-refractivity contribution in [1.82, 2.24) is 9.78 Å². The van der Waals surface area contributed by atoms with Gasteiger partial charge in [0.25, 0.3) is 0 Å². The van der Waals surface area contributed by atoms with Gasteiger partial charge in [-0.3, -0.25) is 4.79 Å². The summed E-state index contributed by atoms with van der Waals surface area (Å²) in [5, 5.41) is 4.44. The second-order valence-corrected chi connectivity index (χ2v) is 8.10. The second-order valence-electron chi connectivity index (χ2n) is 8.10. The van der Waals surface area contributed by atoms with Gasteiger partial charge in [0, 0.05) is 17.9 Å². The Morgan fingerprint density at radius 2 is 2.05 bits per heavy atom. The fourth-order valence-corrected chi connectivity index (χ4v) is 2.55. The number of carbonyl (C=O) groups is 1. The molecule has 0 bridgehead atoms. The molecule has 2 rings (SSSR count). The molecule has 1 atom stereocenters. The summed E-state index contributed by atoms with van der Waals surface area (Å²) >= 11 is 0. The molecule has 1 unspecified atom stereocenters. The first-order valence-electron chi connectivity index (χ1n) is 7.97. The van der Waals surface area contributed by atoms with E-state index in [1.165, 1.54) is 0 Å². The lowest BCUT2D eigenvalue weighted by atomic mass is 9.89. The third-order valence-electron chi connectivity index (χ3n) is 3.66. The minimum Gasteiger partial charge on any atom is -0.477 e. The smallest absolute Gasteiger partial charge is 0.306 e. The molecule has 0 saturated heterocycles. The molecule has 1 aliphatic rings. The lowest BCUT2D eigenvalue weighted by molar-refractivity contribution is -0.155. The maximum Gasteiger partial charge on any atom is 0.306 e. The molecule has 2 heterocycles. The van der Waals surface area contributed by atoms with E-state index in [-0.39, 0.29) is 11.4 Å². The second kappa shape index (κ2) is 5.94. The molecule has 0 spiro atoms. The van der Waals surface area contributed by atoms with Gasteiger partial charge >= 0.3 is 5.97 Å². The van der Waals surface area contributed by atoms with E-state index in [0.29, 0.717) is 18.9 Å². The van der Waals surface area contributed by atoms with Gasteiger partial charge in [0.05, 0.1) is 19.3 Å². The Kier molecular flexibility index (Phi) is 4.54. The minimum absolute atomic E-state index is 0.0247. The Morgan fingerprint density at radius 1 is 1.36 bits per heavy atom. The molecule has 1 aromatic heterocycles. The zero-order valence-electron chi connectivity index (χ0n) is 14.6. The van der Waals surface area contributed by atoms with Gasteiger partial charge < -0.3 is 9.47 Å². The highest BCUT2D eigenvalue weighted by Crippen LogP contribution is 2.34. The van der Waals surface area contributed by atoms with Gasteiger partial charge in [-0.25, -0.2) is 4.68 Å². The van der Waals surface area contributed by atoms with Crippen LogP contribution in [0.25, 0.3) is 0 Å². The summed E-state index contributed by atoms with van der Waals surface area (Å²) in [4.78, 5) is 11.8. The number of nitrogens with zero attached hydrogens (tertiary/aromatic N) is 2. The molecule has 0 radical (unpaired) electrons. The molecular weight excluding hydrogens is 280 g/mol. The van der Waals surface area contributed by atoms with Gasteiger partial charge in [-0.05, 0) is 32.6 Å². The first kappa shape index (κ1) is 16.8. The highest BCUT2D eigenvalue weighted by molar-refractivity contribution is 5.69. The average molecular weight is 308 g/mol. The van der Waals surface area contributed by atoms with Crippen molar-refractivity contribution in [2.24, 2.45) is 5.92 Å². The van der Waals surface area contributed by atoms with Crippen LogP contribution in [0.2, 0.25) is 0 Å². The van der Waals surface area contributed by atoms with E-state index in [0.717, 1.165) is 24.4 Å². The summed E-state index contributed by atoms with van der Waals surface area (Å²) in [7, 11) is 0. The summed E-state index contributed by atoms with van der Waals surface area (Å²) in [5.41, 5.74) is 0.742. The molecule has 0 fully saturated rings. The molecule has 0 N–H and O–H groups in total. The molecule has 0 aliphatic carbocycles. The molecule has 0 saturated carbocycles. The van der Waals surface area contributed by atoms with E-state index in [9.17, 15) is 4.79 Å². The first-order chi connectivity index (χ1) is 10.1. The predicted octanol–water partition coefficient (Wildman–Crippen LogP) is 3.31. The normalized spacial score (nSPS) is 18.5. The molecule has 5 heteroatoms. The van der Waals surface area contributed by atoms with Crippen LogP contribution in [0.5, 0.6) is 5.88 Å². The summed E-state index contributed by atoms with van der Waals surface area (Å²) in [6, 6.07) is 0. The molecule has 22 heavy (non-hydrogen) atoms. The van der Waals surface area contributed by atoms with Crippen molar-refractivity contribution < 1.29 is 14.3 Å². The summed E-state index contributed by atoms with van der Waals surface area (Å²) < 4.78 is 13.2. The Hall–Kier alpha value is -1.52. The van der Waals surface area contributed by atoms with Crippen LogP contribution in [0.1, 0.15) is 59.9 Å². The van der Waals surface area contributed by atoms with Crippen molar-refractivity contribution >= 4 is 5.97 Å². The first-order valence-corrected chi connectivity index (χ1v) is 7.97. The molecular formula is C17H28N2O3. The molecule has 0 aromatic carbocycles. The van der Waals surface area contributed by atoms with Crippen LogP contribution in [-0.4, -0.2) is 28.0 Å². The minimum atomic E-state index is -0.420. The fourth-order valence-electron chi connectivity index (χ4n) is 2.55. The Bertz CT molecular complexity index is 535. The Morgan fingerprint density at radius 3 is 2.64 bits per heavy atom. The van der Waals surface area contributed by atoms with E-state index in [1.54, 1.807) is 0 Å². The monoisotopic (exact) mass is 308 g/mol. The zero-order chi connectivity index (χ0) is 16.5. The van der Waals surface area contributed by atoms with Crippen molar-refractivity contribution in [2.75, 3.05) is 6.61 Å². The number of ether oxygens (including phenoxy) is 2. The van der Waals surface area contributed by atoms with Crippen LogP contribution in [0.3, 0.4) is 0 Å². The zero-order valence-corrected chi connectivity index (χ0v) is 14.6. The number of hydrogen-bond donors (Lipinski definition) is 0. The highest BCUT2D eigenvalue weighted by Gasteiger charge is 2.29. The summed E-state index contributed by atoms with van der Waals surface area (Å²) in [6.45, 7) is 13.6. The topological polar surface area (TPSA) is 53.4 Å². The van der Waals surface area contributed by atoms with Crippen molar-refractivity contribution in [3.05, 3.63) is 11.8 Å². The number of carbonyl (C=O) groups excluding carboxylic acids is 1. The van der Waals surface area contributed by atoms with Crippen LogP contribution in [-0.2, 0) is 21.5 Å². The van der Waals surface area contributed by atoms with Crippen LogP contribution >= 0.6 is 0 Å². The Labute approximate surface area is 133 Å². The standard InChI is InChI=1S/C17H28N2O3/c1-16(2,3)13-9-18-19-10-12(11-21-15(13)19)7-8-14(20)22-17(4,5)6/h9,12H,7-8,10-11H2,1-6H3. The van der Waals surface area contributed by atoms with Crippen LogP contribution in [0, 0.1) is 5.92 Å². The number of hydrogen-bond acceptors (Lipinski definition) is 4. The van der Waals surface area contributed by atoms with E-state index >= 15 is 0 Å². The van der Waals surface area contributed by atoms with Gasteiger partial charge in [-0.1, -0.05) is 20.8 Å². The lowest BCUT2D eigenvalue weighted by Gasteiger charge is -2.27. The SMILES string of the molecule is CC(C)(C)OC(=O)CCC1COc2c(C(C)(C)C)cnn2C1. The average Bonchev–Trinajstić information content (AvgIpc) is 2.76. The van der Waals surface area contributed by atoms with Crippen LogP contribution in [0.4, 0.5) is 0 Å². The number of esters is 1. The van der Waals surface area contributed by atoms with Crippen molar-refractivity contribution in [3.8, 4) is 5.88 Å². The lowest BCUT2D eigenvalue weighted by Crippen LogP contribution is -2.29. The number of aromatic nitrogens is 2. The van der Waals surface area contributed by atoms with E-state index in [1.807, 2.05) is 31.6 Å². The quantitative estimate of drug-likeness (QED) is 0.804. The predicted molar refractivity (Wildman–Crippen MR) is 85.0 cm³/mol. The van der Waals surface area contributed by atoms with E-state index < -0.39 is 5.60 Å². The van der Waals surface area contributed by atoms with E-state index in [2.05, 4.69) is 25.9 Å². The highest BCUT2D eigenvalue weighted by atomic mass is 16.6. The number of rotatable bonds is 3. The van der Waals surface area contributed by atoms with Crippen molar-refractivity contribution in [3.63, 3.8) is 0 Å². The largest absolute Gasteiger partial charge is 0.477 e. The van der Waals surface area contributed by atoms with Gasteiger partial charge in [0.15, 0.2) is 0 Å². The van der Waals surface area contributed by atoms with Gasteiger partial charge in [0.1, 0.15) is 5.60 Å². The fraction of sp³-hybridized carbons (Fsp3) is 0.765. The molecule has 5 nitrogen and oxygen atoms in total. The third kappa shape index (κ3) is 4.24. The van der Waals surface area contributed by atoms with Crippen molar-refractivity contribution in [1.29, 1.82) is 0 Å². The maximum absolute atomic E-state index is 11.8. The molecule has 1 aromatic rings. The summed E-state index contributed by atoms with van der Waals surface area (Å²) in [6.07, 6.45) is 3.08. The summed E-state index contributed by atoms with van der Waals surface area (Å²) in [5.74, 6) is 1.03. The Balaban J connectivity index is 1.91. The molecule has 0 amide bonds. The molecule has 1 aliphatic heterocycles.